The molecule has 0 bridgehead atoms. The number of carbonyl (C=O) groups is 2. The number of nitrogens with one attached hydrogen (secondary N) is 2. The molecule has 0 saturated carbocycles. The molecule has 1 aliphatic rings. The number of nitrogens with zero attached hydrogens (tertiary/aromatic N) is 2. The zero-order valence-corrected chi connectivity index (χ0v) is 16.5. The maximum atomic E-state index is 12.9. The number of piperidine rings is 1. The lowest BCUT2D eigenvalue weighted by molar-refractivity contribution is 0.0686. The molecule has 1 aromatic heterocycles. The summed E-state index contributed by atoms with van der Waals surface area (Å²) < 4.78 is 12.9. The average Bonchev–Trinajstić information content (AvgIpc) is 2.73. The second-order valence-electron chi connectivity index (χ2n) is 6.64. The fourth-order valence-electron chi connectivity index (χ4n) is 3.17. The van der Waals surface area contributed by atoms with Crippen LogP contribution in [0.5, 0.6) is 0 Å². The monoisotopic (exact) mass is 402 g/mol. The standard InChI is InChI=1S/C20H23FN4O2S/c1-28-18-17(3-2-10-22-18)19(26)25-11-8-14(9-12-25)13-23-20(27)24-16-6-4-15(21)5-7-16/h2-7,10,14H,8-9,11-13H2,1H3,(H2,23,24,27). The number of halogens is 1. The lowest BCUT2D eigenvalue weighted by Gasteiger charge is -2.32. The Morgan fingerprint density at radius 2 is 1.93 bits per heavy atom. The van der Waals surface area contributed by atoms with Crippen molar-refractivity contribution in [3.05, 3.63) is 54.0 Å². The van der Waals surface area contributed by atoms with Gasteiger partial charge in [0.25, 0.3) is 5.91 Å². The molecule has 0 unspecified atom stereocenters. The summed E-state index contributed by atoms with van der Waals surface area (Å²) >= 11 is 1.47. The van der Waals surface area contributed by atoms with E-state index in [0.29, 0.717) is 36.8 Å². The van der Waals surface area contributed by atoms with Crippen LogP contribution in [0.25, 0.3) is 0 Å². The van der Waals surface area contributed by atoms with E-state index in [1.165, 1.54) is 36.0 Å². The van der Waals surface area contributed by atoms with Crippen LogP contribution in [0.3, 0.4) is 0 Å². The van der Waals surface area contributed by atoms with Gasteiger partial charge < -0.3 is 15.5 Å². The van der Waals surface area contributed by atoms with Crippen molar-refractivity contribution in [2.24, 2.45) is 5.92 Å². The van der Waals surface area contributed by atoms with E-state index in [1.807, 2.05) is 17.2 Å². The third-order valence-corrected chi connectivity index (χ3v) is 5.46. The van der Waals surface area contributed by atoms with Gasteiger partial charge in [0.05, 0.1) is 5.56 Å². The van der Waals surface area contributed by atoms with Crippen LogP contribution in [0.1, 0.15) is 23.2 Å². The molecule has 2 N–H and O–H groups in total. The van der Waals surface area contributed by atoms with E-state index in [0.717, 1.165) is 17.9 Å². The van der Waals surface area contributed by atoms with Gasteiger partial charge in [0.2, 0.25) is 0 Å². The molecule has 6 nitrogen and oxygen atoms in total. The van der Waals surface area contributed by atoms with Crippen LogP contribution >= 0.6 is 11.8 Å². The Bertz CT molecular complexity index is 823. The first-order valence-corrected chi connectivity index (χ1v) is 10.4. The summed E-state index contributed by atoms with van der Waals surface area (Å²) in [5, 5.41) is 6.27. The van der Waals surface area contributed by atoms with E-state index in [-0.39, 0.29) is 17.8 Å². The fourth-order valence-corrected chi connectivity index (χ4v) is 3.71. The number of thioether (sulfide) groups is 1. The smallest absolute Gasteiger partial charge is 0.319 e. The number of hydrogen-bond acceptors (Lipinski definition) is 4. The van der Waals surface area contributed by atoms with Gasteiger partial charge in [-0.15, -0.1) is 11.8 Å². The second-order valence-corrected chi connectivity index (χ2v) is 7.43. The zero-order chi connectivity index (χ0) is 19.9. The highest BCUT2D eigenvalue weighted by Crippen LogP contribution is 2.22. The molecule has 8 heteroatoms. The Kier molecular flexibility index (Phi) is 6.86. The fraction of sp³-hybridized carbons (Fsp3) is 0.350. The van der Waals surface area contributed by atoms with Crippen LogP contribution in [0.15, 0.2) is 47.6 Å². The Hall–Kier alpha value is -2.61. The molecular formula is C20H23FN4O2S. The second kappa shape index (κ2) is 9.54. The largest absolute Gasteiger partial charge is 0.339 e. The molecule has 1 aromatic carbocycles. The van der Waals surface area contributed by atoms with Crippen molar-refractivity contribution < 1.29 is 14.0 Å². The lowest BCUT2D eigenvalue weighted by atomic mass is 9.96. The van der Waals surface area contributed by atoms with Gasteiger partial charge in [-0.1, -0.05) is 0 Å². The minimum absolute atomic E-state index is 0.0120. The number of anilines is 1. The van der Waals surface area contributed by atoms with Crippen LogP contribution in [0.4, 0.5) is 14.9 Å². The van der Waals surface area contributed by atoms with Crippen molar-refractivity contribution in [3.8, 4) is 0 Å². The summed E-state index contributed by atoms with van der Waals surface area (Å²) in [7, 11) is 0. The molecule has 0 spiro atoms. The number of likely N-dealkylation sites (tertiary alicyclic amines) is 1. The van der Waals surface area contributed by atoms with Crippen molar-refractivity contribution in [1.82, 2.24) is 15.2 Å². The molecule has 148 valence electrons. The summed E-state index contributed by atoms with van der Waals surface area (Å²) in [4.78, 5) is 30.8. The zero-order valence-electron chi connectivity index (χ0n) is 15.7. The molecule has 0 atom stereocenters. The molecule has 1 fully saturated rings. The van der Waals surface area contributed by atoms with Crippen LogP contribution in [0.2, 0.25) is 0 Å². The normalized spacial score (nSPS) is 14.6. The van der Waals surface area contributed by atoms with Gasteiger partial charge in [0.15, 0.2) is 0 Å². The summed E-state index contributed by atoms with van der Waals surface area (Å²) in [5.74, 6) is -0.0157. The Morgan fingerprint density at radius 3 is 2.61 bits per heavy atom. The van der Waals surface area contributed by atoms with Gasteiger partial charge in [-0.2, -0.15) is 0 Å². The molecule has 3 amide bonds. The Labute approximate surface area is 167 Å². The van der Waals surface area contributed by atoms with E-state index < -0.39 is 0 Å². The van der Waals surface area contributed by atoms with Gasteiger partial charge in [0.1, 0.15) is 10.8 Å². The lowest BCUT2D eigenvalue weighted by Crippen LogP contribution is -2.42. The minimum Gasteiger partial charge on any atom is -0.339 e. The van der Waals surface area contributed by atoms with Crippen molar-refractivity contribution in [3.63, 3.8) is 0 Å². The highest BCUT2D eigenvalue weighted by molar-refractivity contribution is 7.98. The van der Waals surface area contributed by atoms with Gasteiger partial charge in [-0.25, -0.2) is 14.2 Å². The van der Waals surface area contributed by atoms with Crippen LogP contribution in [-0.4, -0.2) is 47.7 Å². The summed E-state index contributed by atoms with van der Waals surface area (Å²) in [6, 6.07) is 8.91. The van der Waals surface area contributed by atoms with Gasteiger partial charge in [-0.05, 0) is 61.4 Å². The number of carbonyl (C=O) groups excluding carboxylic acids is 2. The van der Waals surface area contributed by atoms with Crippen molar-refractivity contribution in [2.45, 2.75) is 17.9 Å². The van der Waals surface area contributed by atoms with Crippen LogP contribution in [0, 0.1) is 11.7 Å². The number of amides is 3. The summed E-state index contributed by atoms with van der Waals surface area (Å²) in [5.41, 5.74) is 1.19. The minimum atomic E-state index is -0.344. The number of hydrogen-bond donors (Lipinski definition) is 2. The third kappa shape index (κ3) is 5.22. The molecular weight excluding hydrogens is 379 g/mol. The van der Waals surface area contributed by atoms with Crippen molar-refractivity contribution in [1.29, 1.82) is 0 Å². The number of benzene rings is 1. The first-order chi connectivity index (χ1) is 13.6. The first-order valence-electron chi connectivity index (χ1n) is 9.15. The summed E-state index contributed by atoms with van der Waals surface area (Å²) in [6.07, 6.45) is 5.26. The topological polar surface area (TPSA) is 74.3 Å². The molecule has 3 rings (SSSR count). The molecule has 2 aromatic rings. The predicted octanol–water partition coefficient (Wildman–Crippen LogP) is 3.62. The molecule has 0 radical (unpaired) electrons. The maximum Gasteiger partial charge on any atom is 0.319 e. The highest BCUT2D eigenvalue weighted by Gasteiger charge is 2.25. The Morgan fingerprint density at radius 1 is 1.21 bits per heavy atom. The van der Waals surface area contributed by atoms with Crippen LogP contribution in [-0.2, 0) is 0 Å². The molecule has 1 aliphatic heterocycles. The van der Waals surface area contributed by atoms with Gasteiger partial charge in [0, 0.05) is 31.5 Å². The van der Waals surface area contributed by atoms with Crippen molar-refractivity contribution in [2.75, 3.05) is 31.2 Å². The average molecular weight is 402 g/mol. The number of aromatic nitrogens is 1. The number of urea groups is 1. The quantitative estimate of drug-likeness (QED) is 0.749. The highest BCUT2D eigenvalue weighted by atomic mass is 32.2. The van der Waals surface area contributed by atoms with E-state index in [2.05, 4.69) is 15.6 Å². The molecule has 28 heavy (non-hydrogen) atoms. The van der Waals surface area contributed by atoms with E-state index in [4.69, 9.17) is 0 Å². The van der Waals surface area contributed by atoms with E-state index in [1.54, 1.807) is 12.3 Å². The third-order valence-electron chi connectivity index (χ3n) is 4.75. The van der Waals surface area contributed by atoms with E-state index >= 15 is 0 Å². The van der Waals surface area contributed by atoms with Crippen LogP contribution < -0.4 is 10.6 Å². The maximum absolute atomic E-state index is 12.9. The van der Waals surface area contributed by atoms with Gasteiger partial charge in [-0.3, -0.25) is 4.79 Å². The number of rotatable bonds is 5. The summed E-state index contributed by atoms with van der Waals surface area (Å²) in [6.45, 7) is 1.86. The predicted molar refractivity (Wildman–Crippen MR) is 108 cm³/mol. The van der Waals surface area contributed by atoms with Crippen molar-refractivity contribution >= 4 is 29.4 Å². The van der Waals surface area contributed by atoms with E-state index in [9.17, 15) is 14.0 Å². The molecule has 2 heterocycles. The molecule has 0 aliphatic carbocycles. The Balaban J connectivity index is 1.44. The SMILES string of the molecule is CSc1ncccc1C(=O)N1CCC(CNC(=O)Nc2ccc(F)cc2)CC1. The molecule has 1 saturated heterocycles. The number of pyridine rings is 1. The first kappa shape index (κ1) is 20.1. The van der Waals surface area contributed by atoms with Gasteiger partial charge >= 0.3 is 6.03 Å².